The molecular weight excluding hydrogens is 244 g/mol. The minimum atomic E-state index is 0.583. The summed E-state index contributed by atoms with van der Waals surface area (Å²) in [4.78, 5) is 0. The Kier molecular flexibility index (Phi) is 6.39. The molecule has 0 unspecified atom stereocenters. The molecule has 0 spiro atoms. The van der Waals surface area contributed by atoms with E-state index in [-0.39, 0.29) is 0 Å². The fourth-order valence-corrected chi connectivity index (χ4v) is 4.67. The van der Waals surface area contributed by atoms with Crippen LogP contribution in [0.2, 0.25) is 0 Å². The molecule has 0 amide bonds. The van der Waals surface area contributed by atoms with Gasteiger partial charge < -0.3 is 4.74 Å². The molecule has 0 aromatic carbocycles. The summed E-state index contributed by atoms with van der Waals surface area (Å²) < 4.78 is 5.93. The number of ether oxygens (including phenoxy) is 1. The van der Waals surface area contributed by atoms with E-state index in [0.717, 1.165) is 18.4 Å². The average Bonchev–Trinajstić information content (AvgIpc) is 2.47. The van der Waals surface area contributed by atoms with Crippen molar-refractivity contribution in [1.29, 1.82) is 0 Å². The van der Waals surface area contributed by atoms with Gasteiger partial charge in [0.05, 0.1) is 6.10 Å². The van der Waals surface area contributed by atoms with Crippen LogP contribution in [0.15, 0.2) is 0 Å². The largest absolute Gasteiger partial charge is 0.378 e. The third-order valence-electron chi connectivity index (χ3n) is 6.03. The van der Waals surface area contributed by atoms with E-state index in [4.69, 9.17) is 4.74 Å². The molecule has 2 aliphatic carbocycles. The summed E-state index contributed by atoms with van der Waals surface area (Å²) in [5.41, 5.74) is 0.673. The molecule has 0 aliphatic heterocycles. The van der Waals surface area contributed by atoms with Gasteiger partial charge in [-0.3, -0.25) is 0 Å². The lowest BCUT2D eigenvalue weighted by molar-refractivity contribution is 0.00402. The Bertz CT molecular complexity index is 257. The van der Waals surface area contributed by atoms with Gasteiger partial charge in [0.15, 0.2) is 0 Å². The van der Waals surface area contributed by atoms with E-state index in [2.05, 4.69) is 20.8 Å². The van der Waals surface area contributed by atoms with Gasteiger partial charge in [-0.2, -0.15) is 0 Å². The van der Waals surface area contributed by atoms with E-state index in [1.807, 2.05) is 0 Å². The smallest absolute Gasteiger partial charge is 0.0575 e. The molecule has 0 saturated heterocycles. The van der Waals surface area contributed by atoms with E-state index in [9.17, 15) is 0 Å². The molecule has 2 aliphatic rings. The van der Waals surface area contributed by atoms with Gasteiger partial charge in [-0.05, 0) is 81.5 Å². The van der Waals surface area contributed by atoms with Crippen molar-refractivity contribution >= 4 is 0 Å². The molecule has 1 heteroatoms. The van der Waals surface area contributed by atoms with Crippen LogP contribution >= 0.6 is 0 Å². The minimum Gasteiger partial charge on any atom is -0.378 e. The predicted octanol–water partition coefficient (Wildman–Crippen LogP) is 5.97. The van der Waals surface area contributed by atoms with E-state index in [1.165, 1.54) is 70.6 Å². The molecule has 2 saturated carbocycles. The lowest BCUT2D eigenvalue weighted by atomic mass is 9.64. The highest BCUT2D eigenvalue weighted by atomic mass is 16.5. The van der Waals surface area contributed by atoms with E-state index in [0.29, 0.717) is 11.5 Å². The average molecular weight is 280 g/mol. The Labute approximate surface area is 126 Å². The van der Waals surface area contributed by atoms with Gasteiger partial charge >= 0.3 is 0 Å². The summed E-state index contributed by atoms with van der Waals surface area (Å²) in [5, 5.41) is 0. The van der Waals surface area contributed by atoms with Crippen LogP contribution in [0.5, 0.6) is 0 Å². The van der Waals surface area contributed by atoms with E-state index < -0.39 is 0 Å². The van der Waals surface area contributed by atoms with Gasteiger partial charge in [-0.1, -0.05) is 27.2 Å². The highest BCUT2D eigenvalue weighted by Crippen LogP contribution is 2.46. The van der Waals surface area contributed by atoms with Crippen molar-refractivity contribution in [2.75, 3.05) is 6.61 Å². The molecule has 2 fully saturated rings. The lowest BCUT2D eigenvalue weighted by Crippen LogP contribution is -2.31. The van der Waals surface area contributed by atoms with Crippen molar-refractivity contribution < 1.29 is 4.74 Å². The molecule has 0 atom stereocenters. The summed E-state index contributed by atoms with van der Waals surface area (Å²) in [6, 6.07) is 0. The van der Waals surface area contributed by atoms with Gasteiger partial charge in [-0.25, -0.2) is 0 Å². The second kappa shape index (κ2) is 7.82. The third kappa shape index (κ3) is 4.48. The molecule has 0 N–H and O–H groups in total. The number of hydrogen-bond acceptors (Lipinski definition) is 1. The first-order valence-electron chi connectivity index (χ1n) is 9.28. The molecule has 20 heavy (non-hydrogen) atoms. The van der Waals surface area contributed by atoms with Crippen LogP contribution in [-0.2, 0) is 4.74 Å². The van der Waals surface area contributed by atoms with Crippen LogP contribution in [0.25, 0.3) is 0 Å². The molecule has 0 radical (unpaired) electrons. The van der Waals surface area contributed by atoms with Crippen molar-refractivity contribution in [2.24, 2.45) is 17.3 Å². The van der Waals surface area contributed by atoms with Crippen LogP contribution < -0.4 is 0 Å². The first kappa shape index (κ1) is 16.3. The van der Waals surface area contributed by atoms with Gasteiger partial charge in [0.1, 0.15) is 0 Å². The summed E-state index contributed by atoms with van der Waals surface area (Å²) in [6.45, 7) is 8.05. The first-order valence-corrected chi connectivity index (χ1v) is 9.28. The van der Waals surface area contributed by atoms with Gasteiger partial charge in [-0.15, -0.1) is 0 Å². The molecule has 2 rings (SSSR count). The molecular formula is C19H36O. The van der Waals surface area contributed by atoms with Crippen molar-refractivity contribution in [1.82, 2.24) is 0 Å². The van der Waals surface area contributed by atoms with Crippen LogP contribution in [0.1, 0.15) is 91.4 Å². The maximum atomic E-state index is 5.93. The molecule has 0 bridgehead atoms. The Hall–Kier alpha value is -0.0400. The summed E-state index contributed by atoms with van der Waals surface area (Å²) in [6.07, 6.45) is 16.0. The van der Waals surface area contributed by atoms with Crippen molar-refractivity contribution in [3.8, 4) is 0 Å². The van der Waals surface area contributed by atoms with Gasteiger partial charge in [0.2, 0.25) is 0 Å². The number of hydrogen-bond donors (Lipinski definition) is 0. The minimum absolute atomic E-state index is 0.583. The van der Waals surface area contributed by atoms with Crippen LogP contribution in [0.3, 0.4) is 0 Å². The van der Waals surface area contributed by atoms with E-state index >= 15 is 0 Å². The molecule has 0 aromatic rings. The Balaban J connectivity index is 1.70. The van der Waals surface area contributed by atoms with Crippen molar-refractivity contribution in [3.05, 3.63) is 0 Å². The molecule has 118 valence electrons. The molecule has 0 heterocycles. The lowest BCUT2D eigenvalue weighted by Gasteiger charge is -2.42. The maximum Gasteiger partial charge on any atom is 0.0575 e. The van der Waals surface area contributed by atoms with Crippen LogP contribution in [0.4, 0.5) is 0 Å². The SMILES string of the molecule is CCCOC1CCC(C2CCC(C)(CCC)CC2)CC1. The van der Waals surface area contributed by atoms with E-state index in [1.54, 1.807) is 0 Å². The fourth-order valence-electron chi connectivity index (χ4n) is 4.67. The zero-order valence-corrected chi connectivity index (χ0v) is 14.1. The predicted molar refractivity (Wildman–Crippen MR) is 87.0 cm³/mol. The van der Waals surface area contributed by atoms with Crippen molar-refractivity contribution in [3.63, 3.8) is 0 Å². The molecule has 0 aromatic heterocycles. The summed E-state index contributed by atoms with van der Waals surface area (Å²) in [5.74, 6) is 2.05. The third-order valence-corrected chi connectivity index (χ3v) is 6.03. The standard InChI is InChI=1S/C19H36O/c1-4-12-19(3)13-10-17(11-14-19)16-6-8-18(9-7-16)20-15-5-2/h16-18H,4-15H2,1-3H3. The van der Waals surface area contributed by atoms with Crippen LogP contribution in [0, 0.1) is 17.3 Å². The highest BCUT2D eigenvalue weighted by Gasteiger charge is 2.35. The summed E-state index contributed by atoms with van der Waals surface area (Å²) >= 11 is 0. The van der Waals surface area contributed by atoms with Gasteiger partial charge in [0.25, 0.3) is 0 Å². The van der Waals surface area contributed by atoms with Crippen LogP contribution in [-0.4, -0.2) is 12.7 Å². The van der Waals surface area contributed by atoms with Crippen molar-refractivity contribution in [2.45, 2.75) is 97.5 Å². The second-order valence-corrected chi connectivity index (χ2v) is 7.81. The zero-order chi connectivity index (χ0) is 14.4. The normalized spacial score (nSPS) is 38.9. The highest BCUT2D eigenvalue weighted by molar-refractivity contribution is 4.86. The van der Waals surface area contributed by atoms with Gasteiger partial charge in [0, 0.05) is 6.61 Å². The number of rotatable bonds is 6. The zero-order valence-electron chi connectivity index (χ0n) is 14.1. The first-order chi connectivity index (χ1) is 9.67. The topological polar surface area (TPSA) is 9.23 Å². The maximum absolute atomic E-state index is 5.93. The quantitative estimate of drug-likeness (QED) is 0.582. The monoisotopic (exact) mass is 280 g/mol. The summed E-state index contributed by atoms with van der Waals surface area (Å²) in [7, 11) is 0. The molecule has 1 nitrogen and oxygen atoms in total. The Morgan fingerprint density at radius 1 is 0.850 bits per heavy atom. The fraction of sp³-hybridized carbons (Fsp3) is 1.00. The Morgan fingerprint density at radius 2 is 1.45 bits per heavy atom. The second-order valence-electron chi connectivity index (χ2n) is 7.81. The Morgan fingerprint density at radius 3 is 2.00 bits per heavy atom.